The molecule has 1 aromatic carbocycles. The quantitative estimate of drug-likeness (QED) is 0.829. The molecule has 2 atom stereocenters. The molecular weight excluding hydrogens is 312 g/mol. The van der Waals surface area contributed by atoms with E-state index in [1.165, 1.54) is 0 Å². The van der Waals surface area contributed by atoms with Crippen molar-refractivity contribution in [2.75, 3.05) is 32.8 Å². The van der Waals surface area contributed by atoms with Crippen LogP contribution in [0.1, 0.15) is 38.3 Å². The Morgan fingerprint density at radius 2 is 2.04 bits per heavy atom. The van der Waals surface area contributed by atoms with Crippen molar-refractivity contribution in [2.45, 2.75) is 32.7 Å². The number of hydrogen-bond acceptors (Lipinski definition) is 3. The summed E-state index contributed by atoms with van der Waals surface area (Å²) in [7, 11) is 0. The third kappa shape index (κ3) is 5.20. The topological polar surface area (TPSA) is 41.6 Å². The lowest BCUT2D eigenvalue weighted by Gasteiger charge is -2.35. The number of rotatable bonds is 7. The van der Waals surface area contributed by atoms with Crippen molar-refractivity contribution in [3.8, 4) is 0 Å². The molecule has 4 nitrogen and oxygen atoms in total. The van der Waals surface area contributed by atoms with Crippen LogP contribution in [0.5, 0.6) is 0 Å². The lowest BCUT2D eigenvalue weighted by atomic mass is 10.0. The molecule has 1 aliphatic rings. The monoisotopic (exact) mass is 338 g/mol. The fourth-order valence-corrected chi connectivity index (χ4v) is 3.27. The summed E-state index contributed by atoms with van der Waals surface area (Å²) in [4.78, 5) is 14.6. The molecule has 128 valence electrons. The molecule has 2 unspecified atom stereocenters. The van der Waals surface area contributed by atoms with Gasteiger partial charge in [-0.15, -0.1) is 0 Å². The van der Waals surface area contributed by atoms with Crippen LogP contribution >= 0.6 is 11.6 Å². The van der Waals surface area contributed by atoms with E-state index < -0.39 is 0 Å². The minimum atomic E-state index is 0.0524. The predicted octanol–water partition coefficient (Wildman–Crippen LogP) is 3.27. The minimum absolute atomic E-state index is 0.0524. The number of nitrogens with zero attached hydrogens (tertiary/aromatic N) is 1. The van der Waals surface area contributed by atoms with Crippen molar-refractivity contribution in [2.24, 2.45) is 5.92 Å². The van der Waals surface area contributed by atoms with Crippen LogP contribution in [0, 0.1) is 5.92 Å². The fourth-order valence-electron chi connectivity index (χ4n) is 3.01. The first-order chi connectivity index (χ1) is 11.1. The number of nitrogens with one attached hydrogen (secondary N) is 1. The number of benzene rings is 1. The highest BCUT2D eigenvalue weighted by molar-refractivity contribution is 6.31. The van der Waals surface area contributed by atoms with Gasteiger partial charge in [-0.3, -0.25) is 9.69 Å². The highest BCUT2D eigenvalue weighted by Crippen LogP contribution is 2.27. The largest absolute Gasteiger partial charge is 0.379 e. The van der Waals surface area contributed by atoms with Gasteiger partial charge in [0, 0.05) is 30.6 Å². The maximum Gasteiger partial charge on any atom is 0.222 e. The number of carbonyl (C=O) groups excluding carboxylic acids is 1. The summed E-state index contributed by atoms with van der Waals surface area (Å²) >= 11 is 6.40. The van der Waals surface area contributed by atoms with Crippen molar-refractivity contribution < 1.29 is 9.53 Å². The Hall–Kier alpha value is -1.10. The minimum Gasteiger partial charge on any atom is -0.379 e. The van der Waals surface area contributed by atoms with E-state index in [2.05, 4.69) is 17.1 Å². The van der Waals surface area contributed by atoms with Gasteiger partial charge in [-0.2, -0.15) is 0 Å². The van der Waals surface area contributed by atoms with E-state index in [1.54, 1.807) is 0 Å². The number of carbonyl (C=O) groups is 1. The number of hydrogen-bond donors (Lipinski definition) is 1. The predicted molar refractivity (Wildman–Crippen MR) is 93.7 cm³/mol. The van der Waals surface area contributed by atoms with Crippen LogP contribution < -0.4 is 5.32 Å². The SMILES string of the molecule is CCCC(C)C(=O)NCC(c1ccccc1Cl)N1CCOCC1. The number of amides is 1. The van der Waals surface area contributed by atoms with E-state index in [1.807, 2.05) is 31.2 Å². The van der Waals surface area contributed by atoms with Gasteiger partial charge in [0.25, 0.3) is 0 Å². The number of morpholine rings is 1. The van der Waals surface area contributed by atoms with Crippen LogP contribution in [-0.2, 0) is 9.53 Å². The standard InChI is InChI=1S/C18H27ClN2O2/c1-3-6-14(2)18(22)20-13-17(21-9-11-23-12-10-21)15-7-4-5-8-16(15)19/h4-5,7-8,14,17H,3,6,9-13H2,1-2H3,(H,20,22). The molecule has 2 rings (SSSR count). The van der Waals surface area contributed by atoms with Crippen LogP contribution in [-0.4, -0.2) is 43.7 Å². The summed E-state index contributed by atoms with van der Waals surface area (Å²) < 4.78 is 5.45. The third-order valence-electron chi connectivity index (χ3n) is 4.39. The smallest absolute Gasteiger partial charge is 0.222 e. The number of ether oxygens (including phenoxy) is 1. The van der Waals surface area contributed by atoms with E-state index >= 15 is 0 Å². The van der Waals surface area contributed by atoms with E-state index in [0.717, 1.165) is 49.7 Å². The Morgan fingerprint density at radius 3 is 2.70 bits per heavy atom. The van der Waals surface area contributed by atoms with Gasteiger partial charge in [-0.05, 0) is 18.1 Å². The molecule has 1 aliphatic heterocycles. The van der Waals surface area contributed by atoms with Crippen LogP contribution in [0.25, 0.3) is 0 Å². The lowest BCUT2D eigenvalue weighted by Crippen LogP contribution is -2.44. The molecule has 0 aromatic heterocycles. The molecule has 1 heterocycles. The molecule has 0 aliphatic carbocycles. The summed E-state index contributed by atoms with van der Waals surface area (Å²) in [5.74, 6) is 0.175. The molecular formula is C18H27ClN2O2. The van der Waals surface area contributed by atoms with Crippen LogP contribution in [0.3, 0.4) is 0 Å². The van der Waals surface area contributed by atoms with Crippen molar-refractivity contribution in [3.05, 3.63) is 34.9 Å². The molecule has 1 aromatic rings. The summed E-state index contributed by atoms with van der Waals surface area (Å²) in [6, 6.07) is 7.97. The molecule has 5 heteroatoms. The number of halogens is 1. The third-order valence-corrected chi connectivity index (χ3v) is 4.73. The first-order valence-corrected chi connectivity index (χ1v) is 8.85. The maximum atomic E-state index is 12.2. The average Bonchev–Trinajstić information content (AvgIpc) is 2.57. The van der Waals surface area contributed by atoms with Crippen LogP contribution in [0.4, 0.5) is 0 Å². The molecule has 0 bridgehead atoms. The Bertz CT molecular complexity index is 504. The zero-order valence-electron chi connectivity index (χ0n) is 14.1. The van der Waals surface area contributed by atoms with Crippen LogP contribution in [0.2, 0.25) is 5.02 Å². The van der Waals surface area contributed by atoms with Crippen LogP contribution in [0.15, 0.2) is 24.3 Å². The van der Waals surface area contributed by atoms with Crippen molar-refractivity contribution >= 4 is 17.5 Å². The highest BCUT2D eigenvalue weighted by atomic mass is 35.5. The zero-order valence-corrected chi connectivity index (χ0v) is 14.8. The van der Waals surface area contributed by atoms with Gasteiger partial charge in [0.05, 0.1) is 19.3 Å². The summed E-state index contributed by atoms with van der Waals surface area (Å²) in [5.41, 5.74) is 1.07. The Kier molecular flexibility index (Phi) is 7.34. The van der Waals surface area contributed by atoms with Gasteiger partial charge in [0.2, 0.25) is 5.91 Å². The zero-order chi connectivity index (χ0) is 16.7. The lowest BCUT2D eigenvalue weighted by molar-refractivity contribution is -0.125. The summed E-state index contributed by atoms with van der Waals surface area (Å²) in [6.07, 6.45) is 1.94. The van der Waals surface area contributed by atoms with Gasteiger partial charge in [0.15, 0.2) is 0 Å². The van der Waals surface area contributed by atoms with E-state index in [4.69, 9.17) is 16.3 Å². The van der Waals surface area contributed by atoms with Gasteiger partial charge >= 0.3 is 0 Å². The normalized spacial score (nSPS) is 18.4. The first-order valence-electron chi connectivity index (χ1n) is 8.47. The van der Waals surface area contributed by atoms with E-state index in [-0.39, 0.29) is 17.9 Å². The fraction of sp³-hybridized carbons (Fsp3) is 0.611. The van der Waals surface area contributed by atoms with E-state index in [9.17, 15) is 4.79 Å². The Balaban J connectivity index is 2.08. The Morgan fingerprint density at radius 1 is 1.35 bits per heavy atom. The second-order valence-electron chi connectivity index (χ2n) is 6.12. The molecule has 0 saturated carbocycles. The van der Waals surface area contributed by atoms with Crippen molar-refractivity contribution in [3.63, 3.8) is 0 Å². The molecule has 1 amide bonds. The first kappa shape index (κ1) is 18.2. The average molecular weight is 339 g/mol. The molecule has 1 N–H and O–H groups in total. The van der Waals surface area contributed by atoms with Crippen molar-refractivity contribution in [1.29, 1.82) is 0 Å². The van der Waals surface area contributed by atoms with E-state index in [0.29, 0.717) is 6.54 Å². The summed E-state index contributed by atoms with van der Waals surface area (Å²) in [5, 5.41) is 3.86. The molecule has 0 spiro atoms. The highest BCUT2D eigenvalue weighted by Gasteiger charge is 2.25. The molecule has 1 fully saturated rings. The van der Waals surface area contributed by atoms with Gasteiger partial charge in [0.1, 0.15) is 0 Å². The van der Waals surface area contributed by atoms with Gasteiger partial charge in [-0.1, -0.05) is 50.1 Å². The van der Waals surface area contributed by atoms with Crippen molar-refractivity contribution in [1.82, 2.24) is 10.2 Å². The maximum absolute atomic E-state index is 12.2. The Labute approximate surface area is 144 Å². The van der Waals surface area contributed by atoms with Gasteiger partial charge in [-0.25, -0.2) is 0 Å². The van der Waals surface area contributed by atoms with Gasteiger partial charge < -0.3 is 10.1 Å². The molecule has 23 heavy (non-hydrogen) atoms. The molecule has 1 saturated heterocycles. The molecule has 0 radical (unpaired) electrons. The summed E-state index contributed by atoms with van der Waals surface area (Å²) in [6.45, 7) is 7.83. The second-order valence-corrected chi connectivity index (χ2v) is 6.53. The second kappa shape index (κ2) is 9.26.